The van der Waals surface area contributed by atoms with Crippen molar-refractivity contribution in [1.29, 1.82) is 0 Å². The minimum Gasteiger partial charge on any atom is -0.330 e. The van der Waals surface area contributed by atoms with Crippen molar-refractivity contribution in [3.05, 3.63) is 46.5 Å². The minimum absolute atomic E-state index is 0.273. The predicted molar refractivity (Wildman–Crippen MR) is 77.7 cm³/mol. The van der Waals surface area contributed by atoms with Gasteiger partial charge in [0.05, 0.1) is 23.3 Å². The second-order valence-electron chi connectivity index (χ2n) is 4.59. The van der Waals surface area contributed by atoms with Gasteiger partial charge in [-0.15, -0.1) is 0 Å². The van der Waals surface area contributed by atoms with Crippen LogP contribution < -0.4 is 5.73 Å². The van der Waals surface area contributed by atoms with E-state index in [1.807, 2.05) is 43.1 Å². The van der Waals surface area contributed by atoms with Gasteiger partial charge in [0.2, 0.25) is 0 Å². The number of hydrogen-bond acceptors (Lipinski definition) is 3. The molecule has 0 amide bonds. The van der Waals surface area contributed by atoms with Gasteiger partial charge in [-0.3, -0.25) is 4.68 Å². The van der Waals surface area contributed by atoms with Crippen molar-refractivity contribution in [3.8, 4) is 0 Å². The van der Waals surface area contributed by atoms with E-state index in [2.05, 4.69) is 26.0 Å². The van der Waals surface area contributed by atoms with Crippen LogP contribution in [0.15, 0.2) is 35.1 Å². The van der Waals surface area contributed by atoms with Gasteiger partial charge < -0.3 is 10.3 Å². The molecule has 0 aliphatic heterocycles. The van der Waals surface area contributed by atoms with Gasteiger partial charge in [0, 0.05) is 30.3 Å². The Bertz CT molecular complexity index is 743. The van der Waals surface area contributed by atoms with Crippen LogP contribution in [-0.4, -0.2) is 19.3 Å². The predicted octanol–water partition coefficient (Wildman–Crippen LogP) is 2.12. The van der Waals surface area contributed by atoms with Crippen LogP contribution in [0, 0.1) is 0 Å². The first-order valence-electron chi connectivity index (χ1n) is 5.92. The molecule has 1 aromatic carbocycles. The molecule has 5 nitrogen and oxygen atoms in total. The van der Waals surface area contributed by atoms with Crippen molar-refractivity contribution in [2.45, 2.75) is 6.04 Å². The second kappa shape index (κ2) is 4.47. The van der Waals surface area contributed by atoms with E-state index in [1.165, 1.54) is 0 Å². The van der Waals surface area contributed by atoms with E-state index in [0.717, 1.165) is 26.9 Å². The SMILES string of the molecule is Cn1cc(C(N)c2nc3cc(Br)ccc3n2C)cn1. The molecule has 3 rings (SSSR count). The highest BCUT2D eigenvalue weighted by Crippen LogP contribution is 2.24. The quantitative estimate of drug-likeness (QED) is 0.787. The summed E-state index contributed by atoms with van der Waals surface area (Å²) in [6.07, 6.45) is 3.69. The summed E-state index contributed by atoms with van der Waals surface area (Å²) in [6.45, 7) is 0. The molecule has 0 aliphatic carbocycles. The van der Waals surface area contributed by atoms with Crippen LogP contribution in [0.4, 0.5) is 0 Å². The Hall–Kier alpha value is -1.66. The van der Waals surface area contributed by atoms with Crippen LogP contribution in [0.5, 0.6) is 0 Å². The zero-order chi connectivity index (χ0) is 13.6. The number of aromatic nitrogens is 4. The van der Waals surface area contributed by atoms with Gasteiger partial charge >= 0.3 is 0 Å². The summed E-state index contributed by atoms with van der Waals surface area (Å²) >= 11 is 3.46. The van der Waals surface area contributed by atoms with Crippen molar-refractivity contribution >= 4 is 27.0 Å². The summed E-state index contributed by atoms with van der Waals surface area (Å²) < 4.78 is 4.79. The highest BCUT2D eigenvalue weighted by Gasteiger charge is 2.18. The maximum absolute atomic E-state index is 6.28. The van der Waals surface area contributed by atoms with Gasteiger partial charge in [-0.2, -0.15) is 5.10 Å². The lowest BCUT2D eigenvalue weighted by atomic mass is 10.1. The van der Waals surface area contributed by atoms with Gasteiger partial charge in [-0.25, -0.2) is 4.98 Å². The van der Waals surface area contributed by atoms with Crippen molar-refractivity contribution in [1.82, 2.24) is 19.3 Å². The van der Waals surface area contributed by atoms with Crippen molar-refractivity contribution < 1.29 is 0 Å². The molecular weight excluding hydrogens is 306 g/mol. The maximum atomic E-state index is 6.28. The molecule has 0 radical (unpaired) electrons. The number of aryl methyl sites for hydroxylation is 2. The van der Waals surface area contributed by atoms with Gasteiger partial charge in [0.25, 0.3) is 0 Å². The lowest BCUT2D eigenvalue weighted by Gasteiger charge is -2.09. The van der Waals surface area contributed by atoms with Crippen LogP contribution in [-0.2, 0) is 14.1 Å². The molecule has 0 spiro atoms. The number of nitrogens with zero attached hydrogens (tertiary/aromatic N) is 4. The highest BCUT2D eigenvalue weighted by molar-refractivity contribution is 9.10. The van der Waals surface area contributed by atoms with E-state index in [4.69, 9.17) is 5.73 Å². The number of nitrogens with two attached hydrogens (primary N) is 1. The fourth-order valence-corrected chi connectivity index (χ4v) is 2.57. The molecular formula is C13H14BrN5. The normalized spacial score (nSPS) is 13.1. The topological polar surface area (TPSA) is 61.7 Å². The smallest absolute Gasteiger partial charge is 0.131 e. The summed E-state index contributed by atoms with van der Waals surface area (Å²) in [6, 6.07) is 5.76. The summed E-state index contributed by atoms with van der Waals surface area (Å²) in [5.41, 5.74) is 9.25. The first kappa shape index (κ1) is 12.4. The summed E-state index contributed by atoms with van der Waals surface area (Å²) in [5.74, 6) is 0.834. The first-order valence-corrected chi connectivity index (χ1v) is 6.71. The van der Waals surface area contributed by atoms with Crippen LogP contribution >= 0.6 is 15.9 Å². The Labute approximate surface area is 119 Å². The zero-order valence-corrected chi connectivity index (χ0v) is 12.3. The van der Waals surface area contributed by atoms with E-state index in [9.17, 15) is 0 Å². The summed E-state index contributed by atoms with van der Waals surface area (Å²) in [5, 5.41) is 4.15. The summed E-state index contributed by atoms with van der Waals surface area (Å²) in [7, 11) is 3.86. The molecule has 1 unspecified atom stereocenters. The molecule has 0 bridgehead atoms. The fraction of sp³-hybridized carbons (Fsp3) is 0.231. The molecule has 6 heteroatoms. The molecule has 19 heavy (non-hydrogen) atoms. The number of halogens is 1. The fourth-order valence-electron chi connectivity index (χ4n) is 2.22. The third-order valence-electron chi connectivity index (χ3n) is 3.24. The van der Waals surface area contributed by atoms with E-state index in [-0.39, 0.29) is 6.04 Å². The van der Waals surface area contributed by atoms with Crippen LogP contribution in [0.1, 0.15) is 17.4 Å². The lowest BCUT2D eigenvalue weighted by Crippen LogP contribution is -2.16. The van der Waals surface area contributed by atoms with Crippen LogP contribution in [0.25, 0.3) is 11.0 Å². The van der Waals surface area contributed by atoms with E-state index < -0.39 is 0 Å². The Morgan fingerprint density at radius 2 is 2.11 bits per heavy atom. The monoisotopic (exact) mass is 319 g/mol. The van der Waals surface area contributed by atoms with E-state index in [0.29, 0.717) is 0 Å². The van der Waals surface area contributed by atoms with E-state index in [1.54, 1.807) is 10.9 Å². The Balaban J connectivity index is 2.12. The molecule has 2 aromatic heterocycles. The number of fused-ring (bicyclic) bond motifs is 1. The molecule has 0 saturated carbocycles. The molecule has 2 N–H and O–H groups in total. The van der Waals surface area contributed by atoms with E-state index >= 15 is 0 Å². The molecule has 3 aromatic rings. The van der Waals surface area contributed by atoms with Crippen molar-refractivity contribution in [3.63, 3.8) is 0 Å². The Morgan fingerprint density at radius 1 is 1.32 bits per heavy atom. The van der Waals surface area contributed by atoms with Gasteiger partial charge in [-0.05, 0) is 18.2 Å². The number of benzene rings is 1. The molecule has 98 valence electrons. The van der Waals surface area contributed by atoms with Crippen LogP contribution in [0.2, 0.25) is 0 Å². The third kappa shape index (κ3) is 2.06. The molecule has 2 heterocycles. The zero-order valence-electron chi connectivity index (χ0n) is 10.7. The van der Waals surface area contributed by atoms with Gasteiger partial charge in [-0.1, -0.05) is 15.9 Å². The average molecular weight is 320 g/mol. The number of hydrogen-bond donors (Lipinski definition) is 1. The lowest BCUT2D eigenvalue weighted by molar-refractivity contribution is 0.724. The maximum Gasteiger partial charge on any atom is 0.131 e. The standard InChI is InChI=1S/C13H14BrN5/c1-18-7-8(6-16-18)12(15)13-17-10-5-9(14)3-4-11(10)19(13)2/h3-7,12H,15H2,1-2H3. The van der Waals surface area contributed by atoms with Crippen LogP contribution in [0.3, 0.4) is 0 Å². The molecule has 0 aliphatic rings. The number of imidazole rings is 1. The molecule has 0 fully saturated rings. The first-order chi connectivity index (χ1) is 9.06. The summed E-state index contributed by atoms with van der Waals surface area (Å²) in [4.78, 5) is 4.63. The van der Waals surface area contributed by atoms with Crippen molar-refractivity contribution in [2.24, 2.45) is 19.8 Å². The van der Waals surface area contributed by atoms with Crippen molar-refractivity contribution in [2.75, 3.05) is 0 Å². The second-order valence-corrected chi connectivity index (χ2v) is 5.50. The Morgan fingerprint density at radius 3 is 2.79 bits per heavy atom. The average Bonchev–Trinajstić information content (AvgIpc) is 2.93. The minimum atomic E-state index is -0.273. The number of rotatable bonds is 2. The van der Waals surface area contributed by atoms with Gasteiger partial charge in [0.15, 0.2) is 0 Å². The molecule has 0 saturated heterocycles. The largest absolute Gasteiger partial charge is 0.330 e. The third-order valence-corrected chi connectivity index (χ3v) is 3.73. The molecule has 1 atom stereocenters. The highest BCUT2D eigenvalue weighted by atomic mass is 79.9. The Kier molecular flexibility index (Phi) is 2.91. The van der Waals surface area contributed by atoms with Gasteiger partial charge in [0.1, 0.15) is 5.82 Å².